The molecule has 1 aromatic rings. The number of nitrogen functional groups attached to an aromatic ring is 1. The third kappa shape index (κ3) is 3.98. The van der Waals surface area contributed by atoms with Crippen molar-refractivity contribution in [3.05, 3.63) is 24.3 Å². The molecule has 94 valence electrons. The molecular weight excluding hydrogens is 214 g/mol. The number of benzene rings is 1. The van der Waals surface area contributed by atoms with E-state index in [4.69, 9.17) is 5.73 Å². The van der Waals surface area contributed by atoms with Gasteiger partial charge >= 0.3 is 0 Å². The summed E-state index contributed by atoms with van der Waals surface area (Å²) < 4.78 is 0. The molecule has 0 saturated heterocycles. The number of anilines is 2. The van der Waals surface area contributed by atoms with Crippen LogP contribution >= 0.6 is 0 Å². The summed E-state index contributed by atoms with van der Waals surface area (Å²) in [4.78, 5) is 15.4. The zero-order valence-electron chi connectivity index (χ0n) is 10.8. The predicted molar refractivity (Wildman–Crippen MR) is 72.1 cm³/mol. The number of hydrogen-bond donors (Lipinski definition) is 1. The van der Waals surface area contributed by atoms with Gasteiger partial charge in [-0.05, 0) is 24.6 Å². The summed E-state index contributed by atoms with van der Waals surface area (Å²) in [5.41, 5.74) is 7.49. The summed E-state index contributed by atoms with van der Waals surface area (Å²) in [6, 6.07) is 7.64. The Morgan fingerprint density at radius 3 is 2.59 bits per heavy atom. The fourth-order valence-electron chi connectivity index (χ4n) is 1.60. The highest BCUT2D eigenvalue weighted by Crippen LogP contribution is 2.17. The highest BCUT2D eigenvalue weighted by molar-refractivity contribution is 5.81. The Labute approximate surface area is 103 Å². The van der Waals surface area contributed by atoms with Gasteiger partial charge in [-0.3, -0.25) is 4.79 Å². The quantitative estimate of drug-likeness (QED) is 0.788. The molecular formula is C13H21N3O. The van der Waals surface area contributed by atoms with Crippen LogP contribution in [0.4, 0.5) is 11.4 Å². The van der Waals surface area contributed by atoms with Crippen molar-refractivity contribution < 1.29 is 4.79 Å². The van der Waals surface area contributed by atoms with E-state index in [1.165, 1.54) is 0 Å². The minimum atomic E-state index is 0.0980. The topological polar surface area (TPSA) is 49.6 Å². The molecule has 0 fully saturated rings. The number of likely N-dealkylation sites (N-methyl/N-ethyl adjacent to an activating group) is 1. The molecule has 0 bridgehead atoms. The fourth-order valence-corrected chi connectivity index (χ4v) is 1.60. The average molecular weight is 235 g/mol. The molecule has 2 N–H and O–H groups in total. The Kier molecular flexibility index (Phi) is 4.82. The van der Waals surface area contributed by atoms with E-state index in [-0.39, 0.29) is 5.91 Å². The van der Waals surface area contributed by atoms with Gasteiger partial charge in [-0.25, -0.2) is 0 Å². The van der Waals surface area contributed by atoms with Gasteiger partial charge in [0, 0.05) is 32.0 Å². The van der Waals surface area contributed by atoms with Gasteiger partial charge in [0.25, 0.3) is 0 Å². The third-order valence-corrected chi connectivity index (χ3v) is 2.55. The van der Waals surface area contributed by atoms with Gasteiger partial charge in [0.2, 0.25) is 5.91 Å². The molecule has 0 saturated carbocycles. The van der Waals surface area contributed by atoms with E-state index in [9.17, 15) is 4.79 Å². The number of carbonyl (C=O) groups excluding carboxylic acids is 1. The highest BCUT2D eigenvalue weighted by Gasteiger charge is 2.12. The monoisotopic (exact) mass is 235 g/mol. The minimum absolute atomic E-state index is 0.0980. The van der Waals surface area contributed by atoms with Crippen LogP contribution in [0.15, 0.2) is 24.3 Å². The molecule has 0 aliphatic rings. The normalized spacial score (nSPS) is 10.1. The van der Waals surface area contributed by atoms with Crippen molar-refractivity contribution in [3.8, 4) is 0 Å². The van der Waals surface area contributed by atoms with Crippen molar-refractivity contribution in [2.75, 3.05) is 37.8 Å². The van der Waals surface area contributed by atoms with Crippen LogP contribution in [0, 0.1) is 0 Å². The van der Waals surface area contributed by atoms with Crippen LogP contribution in [0.2, 0.25) is 0 Å². The zero-order chi connectivity index (χ0) is 12.8. The van der Waals surface area contributed by atoms with Crippen LogP contribution in [0.5, 0.6) is 0 Å². The first-order valence-electron chi connectivity index (χ1n) is 5.85. The molecule has 4 nitrogen and oxygen atoms in total. The van der Waals surface area contributed by atoms with E-state index in [0.29, 0.717) is 6.54 Å². The molecule has 1 rings (SSSR count). The summed E-state index contributed by atoms with van der Waals surface area (Å²) in [7, 11) is 3.54. The van der Waals surface area contributed by atoms with Crippen LogP contribution < -0.4 is 10.6 Å². The summed E-state index contributed by atoms with van der Waals surface area (Å²) in [6.45, 7) is 3.34. The SMILES string of the molecule is CCCN(CC(=O)N(C)C)c1cccc(N)c1. The van der Waals surface area contributed by atoms with Gasteiger partial charge in [0.05, 0.1) is 6.54 Å². The van der Waals surface area contributed by atoms with Gasteiger partial charge in [0.15, 0.2) is 0 Å². The molecule has 0 aromatic heterocycles. The fraction of sp³-hybridized carbons (Fsp3) is 0.462. The smallest absolute Gasteiger partial charge is 0.241 e. The van der Waals surface area contributed by atoms with Gasteiger partial charge in [0.1, 0.15) is 0 Å². The first-order valence-corrected chi connectivity index (χ1v) is 5.85. The Morgan fingerprint density at radius 2 is 2.06 bits per heavy atom. The maximum Gasteiger partial charge on any atom is 0.241 e. The van der Waals surface area contributed by atoms with Crippen molar-refractivity contribution in [1.29, 1.82) is 0 Å². The summed E-state index contributed by atoms with van der Waals surface area (Å²) in [5.74, 6) is 0.0980. The minimum Gasteiger partial charge on any atom is -0.399 e. The molecule has 1 amide bonds. The van der Waals surface area contributed by atoms with Crippen LogP contribution in [0.3, 0.4) is 0 Å². The van der Waals surface area contributed by atoms with Gasteiger partial charge in [-0.1, -0.05) is 13.0 Å². The lowest BCUT2D eigenvalue weighted by Gasteiger charge is -2.25. The standard InChI is InChI=1S/C13H21N3O/c1-4-8-16(10-13(17)15(2)3)12-7-5-6-11(14)9-12/h5-7,9H,4,8,10,14H2,1-3H3. The molecule has 0 aliphatic heterocycles. The Morgan fingerprint density at radius 1 is 1.35 bits per heavy atom. The van der Waals surface area contributed by atoms with E-state index < -0.39 is 0 Å². The molecule has 0 radical (unpaired) electrons. The van der Waals surface area contributed by atoms with E-state index in [1.54, 1.807) is 19.0 Å². The van der Waals surface area contributed by atoms with Crippen LogP contribution in [0.1, 0.15) is 13.3 Å². The number of nitrogens with two attached hydrogens (primary N) is 1. The lowest BCUT2D eigenvalue weighted by Crippen LogP contribution is -2.37. The first-order chi connectivity index (χ1) is 8.04. The van der Waals surface area contributed by atoms with E-state index >= 15 is 0 Å². The molecule has 1 aromatic carbocycles. The van der Waals surface area contributed by atoms with Gasteiger partial charge < -0.3 is 15.5 Å². The first kappa shape index (κ1) is 13.4. The summed E-state index contributed by atoms with van der Waals surface area (Å²) in [6.07, 6.45) is 0.996. The number of hydrogen-bond acceptors (Lipinski definition) is 3. The predicted octanol–water partition coefficient (Wildman–Crippen LogP) is 1.57. The van der Waals surface area contributed by atoms with Crippen molar-refractivity contribution in [2.45, 2.75) is 13.3 Å². The molecule has 0 unspecified atom stereocenters. The Bertz CT molecular complexity index is 377. The van der Waals surface area contributed by atoms with Crippen molar-refractivity contribution in [2.24, 2.45) is 0 Å². The van der Waals surface area contributed by atoms with E-state index in [1.807, 2.05) is 24.3 Å². The number of carbonyl (C=O) groups is 1. The van der Waals surface area contributed by atoms with Crippen LogP contribution in [-0.4, -0.2) is 38.0 Å². The maximum atomic E-state index is 11.7. The Hall–Kier alpha value is -1.71. The second-order valence-electron chi connectivity index (χ2n) is 4.30. The number of nitrogens with zero attached hydrogens (tertiary/aromatic N) is 2. The third-order valence-electron chi connectivity index (χ3n) is 2.55. The van der Waals surface area contributed by atoms with Crippen LogP contribution in [-0.2, 0) is 4.79 Å². The Balaban J connectivity index is 2.82. The second-order valence-corrected chi connectivity index (χ2v) is 4.30. The molecule has 0 atom stereocenters. The number of rotatable bonds is 5. The second kappa shape index (κ2) is 6.13. The molecule has 0 heterocycles. The lowest BCUT2D eigenvalue weighted by atomic mass is 10.2. The number of amides is 1. The van der Waals surface area contributed by atoms with Crippen LogP contribution in [0.25, 0.3) is 0 Å². The maximum absolute atomic E-state index is 11.7. The molecule has 0 aliphatic carbocycles. The van der Waals surface area contributed by atoms with Crippen molar-refractivity contribution in [3.63, 3.8) is 0 Å². The largest absolute Gasteiger partial charge is 0.399 e. The van der Waals surface area contributed by atoms with E-state index in [2.05, 4.69) is 11.8 Å². The van der Waals surface area contributed by atoms with Gasteiger partial charge in [-0.15, -0.1) is 0 Å². The average Bonchev–Trinajstić information content (AvgIpc) is 2.28. The summed E-state index contributed by atoms with van der Waals surface area (Å²) in [5, 5.41) is 0. The lowest BCUT2D eigenvalue weighted by molar-refractivity contribution is -0.127. The van der Waals surface area contributed by atoms with Crippen molar-refractivity contribution in [1.82, 2.24) is 4.90 Å². The van der Waals surface area contributed by atoms with Crippen molar-refractivity contribution >= 4 is 17.3 Å². The highest BCUT2D eigenvalue weighted by atomic mass is 16.2. The molecule has 4 heteroatoms. The van der Waals surface area contributed by atoms with E-state index in [0.717, 1.165) is 24.3 Å². The molecule has 17 heavy (non-hydrogen) atoms. The van der Waals surface area contributed by atoms with Gasteiger partial charge in [-0.2, -0.15) is 0 Å². The zero-order valence-corrected chi connectivity index (χ0v) is 10.8. The molecule has 0 spiro atoms. The summed E-state index contributed by atoms with van der Waals surface area (Å²) >= 11 is 0.